The Bertz CT molecular complexity index is 270. The summed E-state index contributed by atoms with van der Waals surface area (Å²) in [6.45, 7) is 8.47. The minimum Gasteiger partial charge on any atom is -0.468 e. The summed E-state index contributed by atoms with van der Waals surface area (Å²) in [5.41, 5.74) is 1.31. The van der Waals surface area contributed by atoms with Gasteiger partial charge in [-0.25, -0.2) is 0 Å². The highest BCUT2D eigenvalue weighted by Crippen LogP contribution is 2.13. The van der Waals surface area contributed by atoms with E-state index in [1.54, 1.807) is 6.26 Å². The predicted molar refractivity (Wildman–Crippen MR) is 62.7 cm³/mol. The van der Waals surface area contributed by atoms with Crippen LogP contribution in [0.4, 0.5) is 0 Å². The Balaban J connectivity index is 2.57. The molecule has 1 aromatic heterocycles. The van der Waals surface area contributed by atoms with Crippen LogP contribution in [0, 0.1) is 0 Å². The zero-order chi connectivity index (χ0) is 11.1. The second-order valence-corrected chi connectivity index (χ2v) is 3.77. The maximum Gasteiger partial charge on any atom is 0.122 e. The van der Waals surface area contributed by atoms with E-state index in [2.05, 4.69) is 30.1 Å². The highest BCUT2D eigenvalue weighted by Gasteiger charge is 2.09. The molecule has 1 rings (SSSR count). The first-order chi connectivity index (χ1) is 7.31. The van der Waals surface area contributed by atoms with Gasteiger partial charge in [0.2, 0.25) is 0 Å². The molecule has 1 N–H and O–H groups in total. The van der Waals surface area contributed by atoms with E-state index in [9.17, 15) is 0 Å². The van der Waals surface area contributed by atoms with E-state index >= 15 is 0 Å². The lowest BCUT2D eigenvalue weighted by molar-refractivity contribution is 0.278. The lowest BCUT2D eigenvalue weighted by Gasteiger charge is -2.19. The minimum absolute atomic E-state index is 0.812. The second kappa shape index (κ2) is 6.64. The van der Waals surface area contributed by atoms with Crippen LogP contribution >= 0.6 is 0 Å². The fourth-order valence-electron chi connectivity index (χ4n) is 1.73. The third-order valence-corrected chi connectivity index (χ3v) is 2.56. The summed E-state index contributed by atoms with van der Waals surface area (Å²) in [4.78, 5) is 2.43. The fourth-order valence-corrected chi connectivity index (χ4v) is 1.73. The summed E-state index contributed by atoms with van der Waals surface area (Å²) in [6.07, 6.45) is 2.98. The number of furan rings is 1. The maximum atomic E-state index is 5.44. The van der Waals surface area contributed by atoms with E-state index < -0.39 is 0 Å². The first-order valence-corrected chi connectivity index (χ1v) is 5.74. The molecular weight excluding hydrogens is 188 g/mol. The lowest BCUT2D eigenvalue weighted by Crippen LogP contribution is -2.24. The Morgan fingerprint density at radius 1 is 1.40 bits per heavy atom. The normalized spacial score (nSPS) is 11.2. The molecule has 0 radical (unpaired) electrons. The highest BCUT2D eigenvalue weighted by molar-refractivity contribution is 5.16. The molecule has 0 aliphatic heterocycles. The van der Waals surface area contributed by atoms with E-state index in [1.807, 2.05) is 7.05 Å². The molecule has 0 aromatic carbocycles. The summed E-state index contributed by atoms with van der Waals surface area (Å²) >= 11 is 0. The predicted octanol–water partition coefficient (Wildman–Crippen LogP) is 2.23. The van der Waals surface area contributed by atoms with Gasteiger partial charge in [-0.05, 0) is 32.6 Å². The maximum absolute atomic E-state index is 5.44. The number of hydrogen-bond acceptors (Lipinski definition) is 3. The van der Waals surface area contributed by atoms with E-state index in [0.29, 0.717) is 0 Å². The highest BCUT2D eigenvalue weighted by atomic mass is 16.3. The van der Waals surface area contributed by atoms with Crippen LogP contribution in [0.1, 0.15) is 31.6 Å². The molecule has 3 heteroatoms. The van der Waals surface area contributed by atoms with Crippen LogP contribution in [0.5, 0.6) is 0 Å². The van der Waals surface area contributed by atoms with Gasteiger partial charge in [-0.1, -0.05) is 13.8 Å². The molecule has 0 spiro atoms. The first-order valence-electron chi connectivity index (χ1n) is 5.74. The quantitative estimate of drug-likeness (QED) is 0.748. The van der Waals surface area contributed by atoms with Crippen LogP contribution in [0.3, 0.4) is 0 Å². The summed E-state index contributed by atoms with van der Waals surface area (Å²) in [7, 11) is 1.94. The molecule has 0 bridgehead atoms. The Labute approximate surface area is 92.5 Å². The van der Waals surface area contributed by atoms with Crippen LogP contribution < -0.4 is 5.32 Å². The Hall–Kier alpha value is -0.800. The molecule has 86 valence electrons. The summed E-state index contributed by atoms with van der Waals surface area (Å²) in [5, 5.41) is 3.12. The number of hydrogen-bond donors (Lipinski definition) is 1. The monoisotopic (exact) mass is 210 g/mol. The van der Waals surface area contributed by atoms with Crippen molar-refractivity contribution in [1.29, 1.82) is 0 Å². The molecule has 0 unspecified atom stereocenters. The van der Waals surface area contributed by atoms with Crippen LogP contribution in [-0.4, -0.2) is 25.0 Å². The average molecular weight is 210 g/mol. The zero-order valence-electron chi connectivity index (χ0n) is 10.0. The van der Waals surface area contributed by atoms with E-state index in [0.717, 1.165) is 31.9 Å². The number of rotatable bonds is 7. The molecule has 0 amide bonds. The van der Waals surface area contributed by atoms with E-state index in [-0.39, 0.29) is 0 Å². The first kappa shape index (κ1) is 12.3. The SMILES string of the molecule is CCCN(CC)Cc1ccoc1CNC. The molecule has 1 aromatic rings. The number of nitrogens with zero attached hydrogens (tertiary/aromatic N) is 1. The van der Waals surface area contributed by atoms with Crippen molar-refractivity contribution in [2.45, 2.75) is 33.4 Å². The van der Waals surface area contributed by atoms with Gasteiger partial charge >= 0.3 is 0 Å². The van der Waals surface area contributed by atoms with Gasteiger partial charge in [-0.2, -0.15) is 0 Å². The zero-order valence-corrected chi connectivity index (χ0v) is 10.0. The number of nitrogens with one attached hydrogen (secondary N) is 1. The fraction of sp³-hybridized carbons (Fsp3) is 0.667. The van der Waals surface area contributed by atoms with Gasteiger partial charge in [0.25, 0.3) is 0 Å². The van der Waals surface area contributed by atoms with Gasteiger partial charge in [0.1, 0.15) is 5.76 Å². The largest absolute Gasteiger partial charge is 0.468 e. The standard InChI is InChI=1S/C12H22N2O/c1-4-7-14(5-2)10-11-6-8-15-12(11)9-13-3/h6,8,13H,4-5,7,9-10H2,1-3H3. The van der Waals surface area contributed by atoms with Crippen LogP contribution in [0.2, 0.25) is 0 Å². The molecular formula is C12H22N2O. The minimum atomic E-state index is 0.812. The smallest absolute Gasteiger partial charge is 0.122 e. The van der Waals surface area contributed by atoms with Crippen molar-refractivity contribution in [3.05, 3.63) is 23.7 Å². The topological polar surface area (TPSA) is 28.4 Å². The summed E-state index contributed by atoms with van der Waals surface area (Å²) in [5.74, 6) is 1.06. The molecule has 3 nitrogen and oxygen atoms in total. The van der Waals surface area contributed by atoms with Crippen molar-refractivity contribution in [1.82, 2.24) is 10.2 Å². The van der Waals surface area contributed by atoms with E-state index in [1.165, 1.54) is 12.0 Å². The molecule has 0 aliphatic rings. The molecule has 0 fully saturated rings. The van der Waals surface area contributed by atoms with Crippen molar-refractivity contribution in [3.63, 3.8) is 0 Å². The molecule has 15 heavy (non-hydrogen) atoms. The molecule has 0 aliphatic carbocycles. The van der Waals surface area contributed by atoms with Gasteiger partial charge < -0.3 is 9.73 Å². The summed E-state index contributed by atoms with van der Waals surface area (Å²) in [6, 6.07) is 2.07. The van der Waals surface area contributed by atoms with Gasteiger partial charge in [0.15, 0.2) is 0 Å². The lowest BCUT2D eigenvalue weighted by atomic mass is 10.2. The van der Waals surface area contributed by atoms with Crippen molar-refractivity contribution in [2.75, 3.05) is 20.1 Å². The second-order valence-electron chi connectivity index (χ2n) is 3.77. The van der Waals surface area contributed by atoms with Crippen molar-refractivity contribution in [2.24, 2.45) is 0 Å². The van der Waals surface area contributed by atoms with Gasteiger partial charge in [-0.15, -0.1) is 0 Å². The van der Waals surface area contributed by atoms with E-state index in [4.69, 9.17) is 4.42 Å². The average Bonchev–Trinajstić information content (AvgIpc) is 2.66. The third-order valence-electron chi connectivity index (χ3n) is 2.56. The third kappa shape index (κ3) is 3.68. The Morgan fingerprint density at radius 2 is 2.20 bits per heavy atom. The van der Waals surface area contributed by atoms with Crippen molar-refractivity contribution < 1.29 is 4.42 Å². The Morgan fingerprint density at radius 3 is 2.80 bits per heavy atom. The molecule has 0 saturated carbocycles. The van der Waals surface area contributed by atoms with Crippen LogP contribution in [0.25, 0.3) is 0 Å². The van der Waals surface area contributed by atoms with Gasteiger partial charge in [-0.3, -0.25) is 4.90 Å². The Kier molecular flexibility index (Phi) is 5.43. The van der Waals surface area contributed by atoms with Gasteiger partial charge in [0.05, 0.1) is 12.8 Å². The molecule has 0 atom stereocenters. The summed E-state index contributed by atoms with van der Waals surface area (Å²) < 4.78 is 5.44. The molecule has 1 heterocycles. The van der Waals surface area contributed by atoms with Crippen LogP contribution in [0.15, 0.2) is 16.7 Å². The van der Waals surface area contributed by atoms with Gasteiger partial charge in [0, 0.05) is 12.1 Å². The van der Waals surface area contributed by atoms with Crippen molar-refractivity contribution in [3.8, 4) is 0 Å². The van der Waals surface area contributed by atoms with Crippen molar-refractivity contribution >= 4 is 0 Å². The molecule has 0 saturated heterocycles. The van der Waals surface area contributed by atoms with Crippen LogP contribution in [-0.2, 0) is 13.1 Å².